The highest BCUT2D eigenvalue weighted by Gasteiger charge is 2.42. The van der Waals surface area contributed by atoms with E-state index in [0.29, 0.717) is 0 Å². The summed E-state index contributed by atoms with van der Waals surface area (Å²) in [6.45, 7) is 9.09. The van der Waals surface area contributed by atoms with Gasteiger partial charge in [0, 0.05) is 44.9 Å². The fraction of sp³-hybridized carbons (Fsp3) is 0.100. The van der Waals surface area contributed by atoms with Crippen molar-refractivity contribution in [2.45, 2.75) is 38.5 Å². The van der Waals surface area contributed by atoms with Crippen LogP contribution < -0.4 is 9.64 Å². The Morgan fingerprint density at radius 2 is 1.21 bits per heavy atom. The first-order valence-electron chi connectivity index (χ1n) is 22.7. The van der Waals surface area contributed by atoms with Crippen LogP contribution in [0.4, 0.5) is 17.2 Å². The van der Waals surface area contributed by atoms with Gasteiger partial charge in [-0.15, -0.1) is 0 Å². The maximum atomic E-state index is 7.00. The van der Waals surface area contributed by atoms with Crippen molar-refractivity contribution in [3.05, 3.63) is 223 Å². The quantitative estimate of drug-likeness (QED) is 0.162. The van der Waals surface area contributed by atoms with Gasteiger partial charge in [0.15, 0.2) is 0 Å². The predicted octanol–water partition coefficient (Wildman–Crippen LogP) is 15.5. The highest BCUT2D eigenvalue weighted by molar-refractivity contribution is 6.26. The first-order valence-corrected chi connectivity index (χ1v) is 22.7. The number of imidazole rings is 1. The van der Waals surface area contributed by atoms with Crippen LogP contribution in [-0.2, 0) is 10.8 Å². The van der Waals surface area contributed by atoms with Crippen LogP contribution in [-0.4, -0.2) is 18.9 Å². The monoisotopic (exact) mass is 851 g/mol. The van der Waals surface area contributed by atoms with Crippen LogP contribution in [0.15, 0.2) is 200 Å². The molecule has 13 rings (SSSR count). The van der Waals surface area contributed by atoms with E-state index in [1.54, 1.807) is 0 Å². The molecular weight excluding hydrogens is 807 g/mol. The van der Waals surface area contributed by atoms with Gasteiger partial charge in [0.05, 0.1) is 39.0 Å². The minimum atomic E-state index is -0.443. The Bertz CT molecular complexity index is 3920. The zero-order valence-corrected chi connectivity index (χ0v) is 37.2. The number of para-hydroxylation sites is 5. The summed E-state index contributed by atoms with van der Waals surface area (Å²) in [5.74, 6) is 2.34. The van der Waals surface area contributed by atoms with E-state index in [4.69, 9.17) is 14.7 Å². The minimum absolute atomic E-state index is 0.0556. The predicted molar refractivity (Wildman–Crippen MR) is 272 cm³/mol. The zero-order valence-electron chi connectivity index (χ0n) is 37.2. The van der Waals surface area contributed by atoms with Crippen LogP contribution in [0.5, 0.6) is 11.5 Å². The molecule has 6 nitrogen and oxygen atoms in total. The number of ether oxygens (including phenoxy) is 1. The molecule has 1 atom stereocenters. The lowest BCUT2D eigenvalue weighted by molar-refractivity contribution is 0.483. The van der Waals surface area contributed by atoms with E-state index in [0.717, 1.165) is 78.3 Å². The largest absolute Gasteiger partial charge is 0.457 e. The molecule has 4 aromatic heterocycles. The molecule has 0 bridgehead atoms. The third-order valence-electron chi connectivity index (χ3n) is 14.0. The number of aromatic nitrogens is 4. The number of pyridine rings is 2. The maximum Gasteiger partial charge on any atom is 0.146 e. The molecule has 66 heavy (non-hydrogen) atoms. The molecule has 316 valence electrons. The number of rotatable bonds is 5. The van der Waals surface area contributed by atoms with Gasteiger partial charge in [-0.25, -0.2) is 9.97 Å². The van der Waals surface area contributed by atoms with Crippen LogP contribution in [0.2, 0.25) is 0 Å². The number of benzene rings is 8. The van der Waals surface area contributed by atoms with Gasteiger partial charge in [0.1, 0.15) is 23.0 Å². The summed E-state index contributed by atoms with van der Waals surface area (Å²) in [5.41, 5.74) is 14.0. The van der Waals surface area contributed by atoms with Crippen molar-refractivity contribution in [2.24, 2.45) is 0 Å². The Kier molecular flexibility index (Phi) is 8.20. The summed E-state index contributed by atoms with van der Waals surface area (Å²) >= 11 is 0. The molecule has 6 heteroatoms. The molecule has 0 spiro atoms. The summed E-state index contributed by atoms with van der Waals surface area (Å²) in [6, 6.07) is 69.4. The number of hydrogen-bond donors (Lipinski definition) is 0. The van der Waals surface area contributed by atoms with E-state index < -0.39 is 5.41 Å². The third-order valence-corrected chi connectivity index (χ3v) is 14.0. The van der Waals surface area contributed by atoms with Gasteiger partial charge in [0.2, 0.25) is 0 Å². The molecule has 0 amide bonds. The van der Waals surface area contributed by atoms with Gasteiger partial charge in [-0.1, -0.05) is 130 Å². The topological polar surface area (TPSA) is 47.6 Å². The second kappa shape index (κ2) is 14.1. The molecular formula is C60H45N5O. The second-order valence-electron chi connectivity index (χ2n) is 18.8. The number of fused-ring (bicyclic) bond motifs is 14. The molecule has 0 aliphatic carbocycles. The lowest BCUT2D eigenvalue weighted by Crippen LogP contribution is -2.34. The Hall–Kier alpha value is -8.22. The SMILES string of the molecule is CC(C)(C)c1ccnc(N2c3ccccc3C(C)(c3ccccc3)c3ccc(Oc4ccc5c(c4)c4nc6ccccc6n4c4c5ccc5c4c4ccccc4n5-c4ccccc4)cc32)c1. The van der Waals surface area contributed by atoms with E-state index in [-0.39, 0.29) is 5.41 Å². The lowest BCUT2D eigenvalue weighted by Gasteiger charge is -2.44. The molecule has 8 aromatic carbocycles. The van der Waals surface area contributed by atoms with Crippen molar-refractivity contribution < 1.29 is 4.74 Å². The average Bonchev–Trinajstić information content (AvgIpc) is 3.91. The van der Waals surface area contributed by atoms with Gasteiger partial charge in [0.25, 0.3) is 0 Å². The standard InChI is InChI=1S/C60H45N5O/c1-59(2,3)39-33-34-61-55(35-39)64-51-25-15-12-22-47(51)60(4,38-17-7-5-8-18-38)48-31-28-42(37-54(48)64)66-41-27-29-43-44-30-32-53-56(45-21-11-14-24-50(45)63(53)40-19-9-6-10-20-40)57(44)65-52-26-16-13-23-49(52)62-58(65)46(43)36-41/h5-37H,1-4H3. The van der Waals surface area contributed by atoms with Gasteiger partial charge in [-0.05, 0) is 119 Å². The summed E-state index contributed by atoms with van der Waals surface area (Å²) in [6.07, 6.45) is 1.94. The van der Waals surface area contributed by atoms with Crippen molar-refractivity contribution in [3.63, 3.8) is 0 Å². The normalized spacial score (nSPS) is 15.0. The Morgan fingerprint density at radius 1 is 0.530 bits per heavy atom. The first-order chi connectivity index (χ1) is 32.3. The van der Waals surface area contributed by atoms with Crippen molar-refractivity contribution in [1.82, 2.24) is 18.9 Å². The van der Waals surface area contributed by atoms with Gasteiger partial charge < -0.3 is 9.30 Å². The summed E-state index contributed by atoms with van der Waals surface area (Å²) in [4.78, 5) is 12.7. The number of hydrogen-bond acceptors (Lipinski definition) is 4. The maximum absolute atomic E-state index is 7.00. The Labute approximate surface area is 382 Å². The van der Waals surface area contributed by atoms with Crippen LogP contribution >= 0.6 is 0 Å². The Morgan fingerprint density at radius 3 is 2.05 bits per heavy atom. The number of nitrogens with zero attached hydrogens (tertiary/aromatic N) is 5. The molecule has 0 fully saturated rings. The molecule has 0 radical (unpaired) electrons. The molecule has 1 aliphatic rings. The highest BCUT2D eigenvalue weighted by atomic mass is 16.5. The first kappa shape index (κ1) is 38.3. The summed E-state index contributed by atoms with van der Waals surface area (Å²) < 4.78 is 11.8. The van der Waals surface area contributed by atoms with E-state index >= 15 is 0 Å². The van der Waals surface area contributed by atoms with Crippen molar-refractivity contribution in [1.29, 1.82) is 0 Å². The van der Waals surface area contributed by atoms with E-state index in [9.17, 15) is 0 Å². The fourth-order valence-corrected chi connectivity index (χ4v) is 10.8. The summed E-state index contributed by atoms with van der Waals surface area (Å²) in [7, 11) is 0. The molecule has 0 N–H and O–H groups in total. The van der Waals surface area contributed by atoms with Crippen LogP contribution in [0.3, 0.4) is 0 Å². The third kappa shape index (κ3) is 5.54. The average molecular weight is 852 g/mol. The van der Waals surface area contributed by atoms with Crippen LogP contribution in [0, 0.1) is 0 Å². The number of anilines is 3. The molecule has 0 saturated heterocycles. The molecule has 1 unspecified atom stereocenters. The van der Waals surface area contributed by atoms with Crippen molar-refractivity contribution in [2.75, 3.05) is 4.90 Å². The van der Waals surface area contributed by atoms with Gasteiger partial charge >= 0.3 is 0 Å². The minimum Gasteiger partial charge on any atom is -0.457 e. The smallest absolute Gasteiger partial charge is 0.146 e. The molecule has 12 aromatic rings. The van der Waals surface area contributed by atoms with E-state index in [1.165, 1.54) is 38.5 Å². The van der Waals surface area contributed by atoms with Gasteiger partial charge in [-0.3, -0.25) is 9.30 Å². The molecule has 5 heterocycles. The molecule has 0 saturated carbocycles. The Balaban J connectivity index is 1.02. The second-order valence-corrected chi connectivity index (χ2v) is 18.8. The summed E-state index contributed by atoms with van der Waals surface area (Å²) in [5, 5.41) is 5.70. The fourth-order valence-electron chi connectivity index (χ4n) is 10.8. The lowest BCUT2D eigenvalue weighted by atomic mass is 9.67. The van der Waals surface area contributed by atoms with Crippen molar-refractivity contribution >= 4 is 77.4 Å². The highest BCUT2D eigenvalue weighted by Crippen LogP contribution is 2.55. The van der Waals surface area contributed by atoms with E-state index in [1.807, 2.05) is 6.20 Å². The zero-order chi connectivity index (χ0) is 44.3. The van der Waals surface area contributed by atoms with Crippen LogP contribution in [0.1, 0.15) is 49.9 Å². The van der Waals surface area contributed by atoms with E-state index in [2.05, 4.69) is 236 Å². The van der Waals surface area contributed by atoms with Crippen molar-refractivity contribution in [3.8, 4) is 17.2 Å². The van der Waals surface area contributed by atoms with Gasteiger partial charge in [-0.2, -0.15) is 0 Å². The molecule has 1 aliphatic heterocycles. The van der Waals surface area contributed by atoms with Crippen LogP contribution in [0.25, 0.3) is 65.8 Å².